The predicted octanol–water partition coefficient (Wildman–Crippen LogP) is 2.01. The number of hydrogen-bond acceptors (Lipinski definition) is 7. The average molecular weight is 350 g/mol. The molecule has 8 heteroatoms. The van der Waals surface area contributed by atoms with E-state index in [4.69, 9.17) is 0 Å². The molecule has 0 bridgehead atoms. The zero-order valence-corrected chi connectivity index (χ0v) is 13.7. The molecule has 23 heavy (non-hydrogen) atoms. The monoisotopic (exact) mass is 350 g/mol. The van der Waals surface area contributed by atoms with Gasteiger partial charge in [0.05, 0.1) is 20.7 Å². The van der Waals surface area contributed by atoms with Gasteiger partial charge in [-0.15, -0.1) is 23.5 Å². The van der Waals surface area contributed by atoms with Crippen molar-refractivity contribution in [3.05, 3.63) is 55.8 Å². The zero-order valence-electron chi connectivity index (χ0n) is 12.1. The SMILES string of the molecule is C[C@H]1CS/C(=C(/C(=O)[O-])C(=O)/C=C/c2cccc([N+](=O)[O-])c2)S1. The summed E-state index contributed by atoms with van der Waals surface area (Å²) in [5.74, 6) is -1.46. The molecule has 0 radical (unpaired) electrons. The topological polar surface area (TPSA) is 100 Å². The first kappa shape index (κ1) is 17.3. The molecule has 0 spiro atoms. The van der Waals surface area contributed by atoms with Crippen LogP contribution in [0.5, 0.6) is 0 Å². The first-order chi connectivity index (χ1) is 10.9. The van der Waals surface area contributed by atoms with E-state index in [1.807, 2.05) is 6.92 Å². The van der Waals surface area contributed by atoms with Gasteiger partial charge in [-0.05, 0) is 11.6 Å². The van der Waals surface area contributed by atoms with E-state index in [9.17, 15) is 24.8 Å². The van der Waals surface area contributed by atoms with Crippen LogP contribution in [-0.2, 0) is 9.59 Å². The molecule has 1 aromatic carbocycles. The lowest BCUT2D eigenvalue weighted by molar-refractivity contribution is -0.384. The Morgan fingerprint density at radius 2 is 2.13 bits per heavy atom. The first-order valence-corrected chi connectivity index (χ1v) is 8.47. The van der Waals surface area contributed by atoms with Crippen LogP contribution in [0, 0.1) is 10.1 Å². The number of allylic oxidation sites excluding steroid dienone is 1. The van der Waals surface area contributed by atoms with Gasteiger partial charge in [0.15, 0.2) is 5.78 Å². The minimum Gasteiger partial charge on any atom is -0.545 e. The second-order valence-electron chi connectivity index (χ2n) is 4.74. The fourth-order valence-electron chi connectivity index (χ4n) is 1.86. The van der Waals surface area contributed by atoms with Crippen LogP contribution in [0.25, 0.3) is 6.08 Å². The number of rotatable bonds is 5. The van der Waals surface area contributed by atoms with Crippen LogP contribution in [0.4, 0.5) is 5.69 Å². The van der Waals surface area contributed by atoms with Crippen molar-refractivity contribution in [2.45, 2.75) is 12.2 Å². The van der Waals surface area contributed by atoms with Crippen molar-refractivity contribution in [2.75, 3.05) is 5.75 Å². The summed E-state index contributed by atoms with van der Waals surface area (Å²) >= 11 is 2.66. The van der Waals surface area contributed by atoms with E-state index < -0.39 is 16.7 Å². The van der Waals surface area contributed by atoms with Crippen molar-refractivity contribution < 1.29 is 19.6 Å². The van der Waals surface area contributed by atoms with E-state index >= 15 is 0 Å². The van der Waals surface area contributed by atoms with E-state index in [0.717, 1.165) is 11.8 Å². The lowest BCUT2D eigenvalue weighted by Gasteiger charge is -2.08. The maximum Gasteiger partial charge on any atom is 0.270 e. The highest BCUT2D eigenvalue weighted by molar-refractivity contribution is 8.25. The number of carboxylic acids is 1. The molecule has 0 aliphatic carbocycles. The number of carbonyl (C=O) groups excluding carboxylic acids is 2. The van der Waals surface area contributed by atoms with Gasteiger partial charge in [0.1, 0.15) is 0 Å². The molecule has 0 amide bonds. The van der Waals surface area contributed by atoms with Crippen LogP contribution >= 0.6 is 23.5 Å². The lowest BCUT2D eigenvalue weighted by atomic mass is 10.1. The van der Waals surface area contributed by atoms with Crippen molar-refractivity contribution in [3.63, 3.8) is 0 Å². The molecule has 1 aliphatic rings. The second-order valence-corrected chi connectivity index (χ2v) is 7.48. The van der Waals surface area contributed by atoms with Gasteiger partial charge in [-0.1, -0.05) is 25.1 Å². The summed E-state index contributed by atoms with van der Waals surface area (Å²) < 4.78 is 0.450. The van der Waals surface area contributed by atoms with Crippen molar-refractivity contribution in [3.8, 4) is 0 Å². The summed E-state index contributed by atoms with van der Waals surface area (Å²) in [5.41, 5.74) is -0.0183. The highest BCUT2D eigenvalue weighted by Gasteiger charge is 2.23. The third-order valence-electron chi connectivity index (χ3n) is 2.92. The van der Waals surface area contributed by atoms with Gasteiger partial charge < -0.3 is 9.90 Å². The number of aliphatic carboxylic acids is 1. The predicted molar refractivity (Wildman–Crippen MR) is 88.7 cm³/mol. The van der Waals surface area contributed by atoms with Crippen LogP contribution in [-0.4, -0.2) is 27.7 Å². The number of non-ortho nitro benzene ring substituents is 1. The van der Waals surface area contributed by atoms with Crippen LogP contribution in [0.15, 0.2) is 40.2 Å². The number of carboxylic acid groups (broad SMARTS) is 1. The Morgan fingerprint density at radius 1 is 1.39 bits per heavy atom. The Kier molecular flexibility index (Phi) is 5.62. The van der Waals surface area contributed by atoms with Gasteiger partial charge in [-0.2, -0.15) is 0 Å². The molecule has 1 aliphatic heterocycles. The van der Waals surface area contributed by atoms with Crippen molar-refractivity contribution in [1.82, 2.24) is 0 Å². The van der Waals surface area contributed by atoms with E-state index in [1.165, 1.54) is 47.8 Å². The highest BCUT2D eigenvalue weighted by Crippen LogP contribution is 2.43. The number of thioether (sulfide) groups is 2. The molecule has 0 N–H and O–H groups in total. The summed E-state index contributed by atoms with van der Waals surface area (Å²) in [6, 6.07) is 5.71. The number of nitro benzene ring substituents is 1. The van der Waals surface area contributed by atoms with Crippen LogP contribution in [0.3, 0.4) is 0 Å². The Hall–Kier alpha value is -2.06. The molecule has 1 atom stereocenters. The molecule has 1 saturated heterocycles. The van der Waals surface area contributed by atoms with E-state index in [1.54, 1.807) is 6.07 Å². The third kappa shape index (κ3) is 4.46. The number of ketones is 1. The van der Waals surface area contributed by atoms with Gasteiger partial charge >= 0.3 is 0 Å². The second kappa shape index (κ2) is 7.47. The molecule has 1 heterocycles. The Bertz CT molecular complexity index is 726. The van der Waals surface area contributed by atoms with Crippen molar-refractivity contribution >= 4 is 47.0 Å². The minimum absolute atomic E-state index is 0.103. The Labute approximate surface area is 140 Å². The van der Waals surface area contributed by atoms with E-state index in [2.05, 4.69) is 0 Å². The normalized spacial score (nSPS) is 19.8. The smallest absolute Gasteiger partial charge is 0.270 e. The standard InChI is InChI=1S/C15H13NO5S2/c1-9-8-22-15(23-9)13(14(18)19)12(17)6-5-10-3-2-4-11(7-10)16(20)21/h2-7,9H,8H2,1H3,(H,18,19)/p-1/b6-5+,15-13-/t9-/m0/s1. The number of nitrogens with zero attached hydrogens (tertiary/aromatic N) is 1. The fraction of sp³-hybridized carbons (Fsp3) is 0.200. The molecule has 0 saturated carbocycles. The summed E-state index contributed by atoms with van der Waals surface area (Å²) in [5, 5.41) is 22.2. The molecule has 1 fully saturated rings. The van der Waals surface area contributed by atoms with Crippen molar-refractivity contribution in [2.24, 2.45) is 0 Å². The van der Waals surface area contributed by atoms with Crippen LogP contribution in [0.1, 0.15) is 12.5 Å². The summed E-state index contributed by atoms with van der Waals surface area (Å²) in [6.45, 7) is 1.95. The van der Waals surface area contributed by atoms with Gasteiger partial charge in [-0.3, -0.25) is 14.9 Å². The molecule has 0 aromatic heterocycles. The fourth-order valence-corrected chi connectivity index (χ4v) is 4.68. The first-order valence-electron chi connectivity index (χ1n) is 6.60. The maximum atomic E-state index is 12.1. The number of hydrogen-bond donors (Lipinski definition) is 0. The zero-order chi connectivity index (χ0) is 17.0. The average Bonchev–Trinajstić information content (AvgIpc) is 2.91. The number of carbonyl (C=O) groups is 2. The maximum absolute atomic E-state index is 12.1. The third-order valence-corrected chi connectivity index (χ3v) is 5.89. The molecule has 1 aromatic rings. The molecular weight excluding hydrogens is 338 g/mol. The minimum atomic E-state index is -1.51. The quantitative estimate of drug-likeness (QED) is 0.263. The highest BCUT2D eigenvalue weighted by atomic mass is 32.2. The van der Waals surface area contributed by atoms with Crippen LogP contribution < -0.4 is 5.11 Å². The van der Waals surface area contributed by atoms with Gasteiger partial charge in [0.2, 0.25) is 0 Å². The van der Waals surface area contributed by atoms with E-state index in [0.29, 0.717) is 9.80 Å². The number of nitro groups is 1. The Balaban J connectivity index is 2.24. The molecule has 2 rings (SSSR count). The van der Waals surface area contributed by atoms with Gasteiger partial charge in [0.25, 0.3) is 5.69 Å². The lowest BCUT2D eigenvalue weighted by Crippen LogP contribution is -2.28. The summed E-state index contributed by atoms with van der Waals surface area (Å²) in [4.78, 5) is 33.6. The van der Waals surface area contributed by atoms with Crippen molar-refractivity contribution in [1.29, 1.82) is 0 Å². The summed E-state index contributed by atoms with van der Waals surface area (Å²) in [7, 11) is 0. The molecular formula is C15H12NO5S2-. The molecule has 0 unspecified atom stereocenters. The Morgan fingerprint density at radius 3 is 2.70 bits per heavy atom. The molecule has 120 valence electrons. The summed E-state index contributed by atoms with van der Waals surface area (Å²) in [6.07, 6.45) is 2.45. The van der Waals surface area contributed by atoms with Gasteiger partial charge in [0, 0.05) is 23.1 Å². The van der Waals surface area contributed by atoms with E-state index in [-0.39, 0.29) is 16.5 Å². The molecule has 6 nitrogen and oxygen atoms in total. The van der Waals surface area contributed by atoms with Crippen LogP contribution in [0.2, 0.25) is 0 Å². The van der Waals surface area contributed by atoms with Gasteiger partial charge in [-0.25, -0.2) is 0 Å². The number of benzene rings is 1. The largest absolute Gasteiger partial charge is 0.545 e.